The van der Waals surface area contributed by atoms with Crippen LogP contribution in [0.4, 0.5) is 5.69 Å². The number of hydrogen-bond acceptors (Lipinski definition) is 6. The molecule has 7 nitrogen and oxygen atoms in total. The van der Waals surface area contributed by atoms with Crippen LogP contribution >= 0.6 is 0 Å². The largest absolute Gasteiger partial charge is 0.339 e. The van der Waals surface area contributed by atoms with Crippen LogP contribution < -0.4 is 5.32 Å². The Balaban J connectivity index is 1.53. The molecule has 1 amide bonds. The van der Waals surface area contributed by atoms with Crippen molar-refractivity contribution in [2.75, 3.05) is 18.4 Å². The zero-order chi connectivity index (χ0) is 19.8. The quantitative estimate of drug-likeness (QED) is 0.612. The van der Waals surface area contributed by atoms with E-state index in [2.05, 4.69) is 45.3 Å². The number of amides is 1. The number of carbonyl (C=O) groups is 1. The zero-order valence-corrected chi connectivity index (χ0v) is 16.3. The van der Waals surface area contributed by atoms with Gasteiger partial charge in [-0.05, 0) is 42.9 Å². The molecule has 0 fully saturated rings. The van der Waals surface area contributed by atoms with Gasteiger partial charge in [0.15, 0.2) is 0 Å². The van der Waals surface area contributed by atoms with Gasteiger partial charge >= 0.3 is 0 Å². The normalized spacial score (nSPS) is 11.0. The Morgan fingerprint density at radius 3 is 2.68 bits per heavy atom. The minimum atomic E-state index is -0.0800. The van der Waals surface area contributed by atoms with Gasteiger partial charge in [-0.2, -0.15) is 4.98 Å². The topological polar surface area (TPSA) is 84.2 Å². The summed E-state index contributed by atoms with van der Waals surface area (Å²) in [6.07, 6.45) is 4.02. The minimum absolute atomic E-state index is 0.0800. The SMILES string of the molecule is CCN(CC)Cc1cccc(NC(=O)CCc2nc(-c3ccncc3)no2)c1. The van der Waals surface area contributed by atoms with Crippen LogP contribution in [0, 0.1) is 0 Å². The second kappa shape index (κ2) is 9.75. The summed E-state index contributed by atoms with van der Waals surface area (Å²) >= 11 is 0. The summed E-state index contributed by atoms with van der Waals surface area (Å²) < 4.78 is 5.24. The first-order chi connectivity index (χ1) is 13.7. The van der Waals surface area contributed by atoms with Gasteiger partial charge in [0.25, 0.3) is 0 Å². The highest BCUT2D eigenvalue weighted by Gasteiger charge is 2.11. The van der Waals surface area contributed by atoms with Gasteiger partial charge in [-0.3, -0.25) is 14.7 Å². The number of nitrogens with zero attached hydrogens (tertiary/aromatic N) is 4. The second-order valence-electron chi connectivity index (χ2n) is 6.46. The molecule has 0 atom stereocenters. The Morgan fingerprint density at radius 2 is 1.93 bits per heavy atom. The molecule has 0 saturated carbocycles. The lowest BCUT2D eigenvalue weighted by Gasteiger charge is -2.18. The van der Waals surface area contributed by atoms with Gasteiger partial charge in [-0.15, -0.1) is 0 Å². The molecule has 0 bridgehead atoms. The van der Waals surface area contributed by atoms with Gasteiger partial charge in [-0.25, -0.2) is 0 Å². The molecule has 0 unspecified atom stereocenters. The van der Waals surface area contributed by atoms with E-state index in [1.807, 2.05) is 30.3 Å². The maximum Gasteiger partial charge on any atom is 0.227 e. The van der Waals surface area contributed by atoms with Crippen LogP contribution in [0.5, 0.6) is 0 Å². The number of aromatic nitrogens is 3. The van der Waals surface area contributed by atoms with Crippen molar-refractivity contribution in [3.63, 3.8) is 0 Å². The maximum absolute atomic E-state index is 12.3. The molecule has 0 aliphatic carbocycles. The molecule has 0 spiro atoms. The third-order valence-electron chi connectivity index (χ3n) is 4.48. The highest BCUT2D eigenvalue weighted by atomic mass is 16.5. The van der Waals surface area contributed by atoms with Crippen LogP contribution in [0.25, 0.3) is 11.4 Å². The Bertz CT molecular complexity index is 891. The molecule has 2 aromatic heterocycles. The van der Waals surface area contributed by atoms with Crippen LogP contribution in [0.1, 0.15) is 31.7 Å². The molecule has 28 heavy (non-hydrogen) atoms. The number of rotatable bonds is 9. The van der Waals surface area contributed by atoms with E-state index in [0.29, 0.717) is 18.1 Å². The molecular formula is C21H25N5O2. The average Bonchev–Trinajstić information content (AvgIpc) is 3.20. The van der Waals surface area contributed by atoms with E-state index >= 15 is 0 Å². The van der Waals surface area contributed by atoms with Crippen LogP contribution in [-0.4, -0.2) is 39.0 Å². The van der Waals surface area contributed by atoms with Crippen molar-refractivity contribution in [3.05, 3.63) is 60.2 Å². The van der Waals surface area contributed by atoms with E-state index < -0.39 is 0 Å². The first-order valence-corrected chi connectivity index (χ1v) is 9.52. The Morgan fingerprint density at radius 1 is 1.14 bits per heavy atom. The summed E-state index contributed by atoms with van der Waals surface area (Å²) in [6.45, 7) is 7.16. The van der Waals surface area contributed by atoms with E-state index in [-0.39, 0.29) is 12.3 Å². The van der Waals surface area contributed by atoms with E-state index in [9.17, 15) is 4.79 Å². The zero-order valence-electron chi connectivity index (χ0n) is 16.3. The number of nitrogens with one attached hydrogen (secondary N) is 1. The van der Waals surface area contributed by atoms with Gasteiger partial charge in [-0.1, -0.05) is 31.1 Å². The number of aryl methyl sites for hydroxylation is 1. The molecule has 2 heterocycles. The van der Waals surface area contributed by atoms with Gasteiger partial charge in [0.05, 0.1) is 0 Å². The number of benzene rings is 1. The first-order valence-electron chi connectivity index (χ1n) is 9.52. The summed E-state index contributed by atoms with van der Waals surface area (Å²) in [5.41, 5.74) is 2.82. The van der Waals surface area contributed by atoms with E-state index in [4.69, 9.17) is 4.52 Å². The summed E-state index contributed by atoms with van der Waals surface area (Å²) in [5, 5.41) is 6.90. The molecule has 1 aromatic carbocycles. The molecule has 0 aliphatic heterocycles. The molecule has 1 N–H and O–H groups in total. The Kier molecular flexibility index (Phi) is 6.86. The molecule has 7 heteroatoms. The van der Waals surface area contributed by atoms with Crippen molar-refractivity contribution in [3.8, 4) is 11.4 Å². The Labute approximate surface area is 164 Å². The minimum Gasteiger partial charge on any atom is -0.339 e. The molecule has 0 radical (unpaired) electrons. The summed E-state index contributed by atoms with van der Waals surface area (Å²) in [7, 11) is 0. The fourth-order valence-electron chi connectivity index (χ4n) is 2.87. The van der Waals surface area contributed by atoms with Crippen LogP contribution in [0.15, 0.2) is 53.3 Å². The molecule has 0 saturated heterocycles. The lowest BCUT2D eigenvalue weighted by molar-refractivity contribution is -0.116. The third kappa shape index (κ3) is 5.47. The fraction of sp³-hybridized carbons (Fsp3) is 0.333. The standard InChI is InChI=1S/C21H25N5O2/c1-3-26(4-2)15-16-6-5-7-18(14-16)23-19(27)8-9-20-24-21(25-28-20)17-10-12-22-13-11-17/h5-7,10-14H,3-4,8-9,15H2,1-2H3,(H,23,27). The predicted octanol–water partition coefficient (Wildman–Crippen LogP) is 3.54. The van der Waals surface area contributed by atoms with Crippen molar-refractivity contribution in [2.45, 2.75) is 33.2 Å². The lowest BCUT2D eigenvalue weighted by atomic mass is 10.2. The monoisotopic (exact) mass is 379 g/mol. The highest BCUT2D eigenvalue weighted by Crippen LogP contribution is 2.16. The van der Waals surface area contributed by atoms with Gasteiger partial charge < -0.3 is 9.84 Å². The van der Waals surface area contributed by atoms with Crippen LogP contribution in [0.3, 0.4) is 0 Å². The van der Waals surface area contributed by atoms with Crippen LogP contribution in [0.2, 0.25) is 0 Å². The number of pyridine rings is 1. The molecule has 3 rings (SSSR count). The summed E-state index contributed by atoms with van der Waals surface area (Å²) in [6, 6.07) is 11.6. The third-order valence-corrected chi connectivity index (χ3v) is 4.48. The Hall–Kier alpha value is -3.06. The van der Waals surface area contributed by atoms with Crippen LogP contribution in [-0.2, 0) is 17.8 Å². The molecule has 146 valence electrons. The lowest BCUT2D eigenvalue weighted by Crippen LogP contribution is -2.22. The predicted molar refractivity (Wildman–Crippen MR) is 108 cm³/mol. The van der Waals surface area contributed by atoms with E-state index in [1.54, 1.807) is 12.4 Å². The average molecular weight is 379 g/mol. The number of anilines is 1. The van der Waals surface area contributed by atoms with Gasteiger partial charge in [0, 0.05) is 43.0 Å². The molecule has 0 aliphatic rings. The number of hydrogen-bond donors (Lipinski definition) is 1. The second-order valence-corrected chi connectivity index (χ2v) is 6.46. The van der Waals surface area contributed by atoms with Crippen molar-refractivity contribution in [1.29, 1.82) is 0 Å². The summed E-state index contributed by atoms with van der Waals surface area (Å²) in [5.74, 6) is 0.864. The van der Waals surface area contributed by atoms with Crippen molar-refractivity contribution in [1.82, 2.24) is 20.0 Å². The summed E-state index contributed by atoms with van der Waals surface area (Å²) in [4.78, 5) is 22.9. The van der Waals surface area contributed by atoms with Crippen molar-refractivity contribution in [2.24, 2.45) is 0 Å². The highest BCUT2D eigenvalue weighted by molar-refractivity contribution is 5.90. The maximum atomic E-state index is 12.3. The fourth-order valence-corrected chi connectivity index (χ4v) is 2.87. The number of carbonyl (C=O) groups excluding carboxylic acids is 1. The smallest absolute Gasteiger partial charge is 0.227 e. The van der Waals surface area contributed by atoms with E-state index in [0.717, 1.165) is 30.9 Å². The van der Waals surface area contributed by atoms with Crippen molar-refractivity contribution >= 4 is 11.6 Å². The van der Waals surface area contributed by atoms with Gasteiger partial charge in [0.2, 0.25) is 17.6 Å². The molecule has 3 aromatic rings. The van der Waals surface area contributed by atoms with Gasteiger partial charge in [0.1, 0.15) is 0 Å². The van der Waals surface area contributed by atoms with Crippen molar-refractivity contribution < 1.29 is 9.32 Å². The van der Waals surface area contributed by atoms with E-state index in [1.165, 1.54) is 5.56 Å². The molecular weight excluding hydrogens is 354 g/mol. The first kappa shape index (κ1) is 19.7.